The zero-order valence-corrected chi connectivity index (χ0v) is 12.3. The monoisotopic (exact) mass is 320 g/mol. The van der Waals surface area contributed by atoms with E-state index < -0.39 is 0 Å². The zero-order valence-electron chi connectivity index (χ0n) is 10.8. The molecule has 6 heteroatoms. The number of benzene rings is 2. The summed E-state index contributed by atoms with van der Waals surface area (Å²) in [6.07, 6.45) is 0. The number of nitroso groups, excluding NO2 is 1. The minimum absolute atomic E-state index is 0.0469. The number of aromatic hydroxyl groups is 1. The molecule has 4 nitrogen and oxygen atoms in total. The van der Waals surface area contributed by atoms with Crippen molar-refractivity contribution in [3.05, 3.63) is 63.0 Å². The molecule has 0 unspecified atom stereocenters. The Morgan fingerprint density at radius 3 is 2.57 bits per heavy atom. The third kappa shape index (κ3) is 2.37. The minimum Gasteiger partial charge on any atom is -0.493 e. The van der Waals surface area contributed by atoms with Crippen molar-refractivity contribution in [1.29, 1.82) is 0 Å². The second kappa shape index (κ2) is 5.39. The Labute approximate surface area is 130 Å². The van der Waals surface area contributed by atoms with Crippen LogP contribution in [0.2, 0.25) is 10.0 Å². The van der Waals surface area contributed by atoms with E-state index in [9.17, 15) is 10.0 Å². The second-order valence-electron chi connectivity index (χ2n) is 4.62. The van der Waals surface area contributed by atoms with E-state index in [-0.39, 0.29) is 11.6 Å². The third-order valence-electron chi connectivity index (χ3n) is 3.33. The summed E-state index contributed by atoms with van der Waals surface area (Å²) in [7, 11) is 0. The van der Waals surface area contributed by atoms with Gasteiger partial charge in [0.2, 0.25) is 5.88 Å². The summed E-state index contributed by atoms with van der Waals surface area (Å²) in [6, 6.07) is 12.4. The normalized spacial score (nSPS) is 11.0. The molecule has 106 valence electrons. The van der Waals surface area contributed by atoms with Crippen LogP contribution in [-0.2, 0) is 6.54 Å². The van der Waals surface area contributed by atoms with Gasteiger partial charge in [0.1, 0.15) is 0 Å². The Hall–Kier alpha value is -2.04. The largest absolute Gasteiger partial charge is 0.493 e. The molecule has 2 aromatic carbocycles. The van der Waals surface area contributed by atoms with Crippen LogP contribution in [0.4, 0.5) is 5.69 Å². The Morgan fingerprint density at radius 2 is 1.86 bits per heavy atom. The van der Waals surface area contributed by atoms with Crippen LogP contribution in [0.1, 0.15) is 5.56 Å². The fourth-order valence-corrected chi connectivity index (χ4v) is 2.66. The Bertz CT molecular complexity index is 843. The van der Waals surface area contributed by atoms with Crippen molar-refractivity contribution >= 4 is 39.8 Å². The summed E-state index contributed by atoms with van der Waals surface area (Å²) in [4.78, 5) is 10.9. The predicted octanol–water partition coefficient (Wildman–Crippen LogP) is 5.10. The van der Waals surface area contributed by atoms with Crippen LogP contribution in [0, 0.1) is 4.91 Å². The van der Waals surface area contributed by atoms with Crippen LogP contribution in [-0.4, -0.2) is 9.67 Å². The summed E-state index contributed by atoms with van der Waals surface area (Å²) in [5.74, 6) is -0.155. The third-order valence-corrected chi connectivity index (χ3v) is 4.07. The number of rotatable bonds is 3. The maximum Gasteiger partial charge on any atom is 0.222 e. The molecule has 0 saturated heterocycles. The standard InChI is InChI=1S/C15H10Cl2N2O2/c16-11-6-5-9(7-12(11)17)8-19-13-4-2-1-3-10(13)14(18-21)15(19)20/h1-7,20H,8H2. The molecule has 21 heavy (non-hydrogen) atoms. The van der Waals surface area contributed by atoms with Crippen molar-refractivity contribution in [3.63, 3.8) is 0 Å². The van der Waals surface area contributed by atoms with Crippen LogP contribution < -0.4 is 0 Å². The fraction of sp³-hybridized carbons (Fsp3) is 0.0667. The molecule has 1 heterocycles. The first-order valence-electron chi connectivity index (χ1n) is 6.19. The maximum absolute atomic E-state index is 10.9. The molecule has 3 rings (SSSR count). The van der Waals surface area contributed by atoms with Gasteiger partial charge in [-0.05, 0) is 28.9 Å². The molecule has 0 fully saturated rings. The van der Waals surface area contributed by atoms with Gasteiger partial charge in [-0.3, -0.25) is 0 Å². The Morgan fingerprint density at radius 1 is 1.10 bits per heavy atom. The summed E-state index contributed by atoms with van der Waals surface area (Å²) < 4.78 is 1.62. The van der Waals surface area contributed by atoms with Crippen molar-refractivity contribution in [2.24, 2.45) is 5.18 Å². The molecule has 0 aliphatic rings. The summed E-state index contributed by atoms with van der Waals surface area (Å²) >= 11 is 11.9. The van der Waals surface area contributed by atoms with Crippen molar-refractivity contribution in [1.82, 2.24) is 4.57 Å². The first-order valence-corrected chi connectivity index (χ1v) is 6.95. The van der Waals surface area contributed by atoms with E-state index in [0.717, 1.165) is 11.1 Å². The first kappa shape index (κ1) is 13.9. The van der Waals surface area contributed by atoms with Crippen LogP contribution in [0.25, 0.3) is 10.9 Å². The van der Waals surface area contributed by atoms with E-state index in [2.05, 4.69) is 5.18 Å². The molecule has 1 N–H and O–H groups in total. The molecule has 1 aromatic heterocycles. The number of para-hydroxylation sites is 1. The van der Waals surface area contributed by atoms with Gasteiger partial charge in [-0.15, -0.1) is 4.91 Å². The molecule has 0 amide bonds. The van der Waals surface area contributed by atoms with Gasteiger partial charge in [0.25, 0.3) is 0 Å². The highest BCUT2D eigenvalue weighted by atomic mass is 35.5. The fourth-order valence-electron chi connectivity index (χ4n) is 2.34. The first-order chi connectivity index (χ1) is 10.1. The highest BCUT2D eigenvalue weighted by Crippen LogP contribution is 2.38. The van der Waals surface area contributed by atoms with Gasteiger partial charge in [0.05, 0.1) is 22.1 Å². The number of nitrogens with zero attached hydrogens (tertiary/aromatic N) is 2. The van der Waals surface area contributed by atoms with Crippen molar-refractivity contribution < 1.29 is 5.11 Å². The van der Waals surface area contributed by atoms with Gasteiger partial charge in [-0.2, -0.15) is 0 Å². The van der Waals surface area contributed by atoms with E-state index in [1.54, 1.807) is 28.8 Å². The summed E-state index contributed by atoms with van der Waals surface area (Å²) in [5.41, 5.74) is 1.64. The summed E-state index contributed by atoms with van der Waals surface area (Å²) in [5, 5.41) is 14.7. The van der Waals surface area contributed by atoms with Crippen molar-refractivity contribution in [2.45, 2.75) is 6.54 Å². The van der Waals surface area contributed by atoms with Gasteiger partial charge >= 0.3 is 0 Å². The SMILES string of the molecule is O=Nc1c(O)n(Cc2ccc(Cl)c(Cl)c2)c2ccccc12. The van der Waals surface area contributed by atoms with Crippen molar-refractivity contribution in [2.75, 3.05) is 0 Å². The number of fused-ring (bicyclic) bond motifs is 1. The lowest BCUT2D eigenvalue weighted by Crippen LogP contribution is -1.98. The topological polar surface area (TPSA) is 54.6 Å². The van der Waals surface area contributed by atoms with Crippen LogP contribution >= 0.6 is 23.2 Å². The number of hydrogen-bond donors (Lipinski definition) is 1. The van der Waals surface area contributed by atoms with Gasteiger partial charge in [-0.25, -0.2) is 0 Å². The highest BCUT2D eigenvalue weighted by Gasteiger charge is 2.17. The van der Waals surface area contributed by atoms with E-state index in [1.807, 2.05) is 18.2 Å². The number of aromatic nitrogens is 1. The molecule has 0 spiro atoms. The Kier molecular flexibility index (Phi) is 3.57. The van der Waals surface area contributed by atoms with Gasteiger partial charge < -0.3 is 9.67 Å². The smallest absolute Gasteiger partial charge is 0.222 e. The van der Waals surface area contributed by atoms with E-state index in [4.69, 9.17) is 23.2 Å². The van der Waals surface area contributed by atoms with Crippen LogP contribution in [0.3, 0.4) is 0 Å². The predicted molar refractivity (Wildman–Crippen MR) is 84.6 cm³/mol. The van der Waals surface area contributed by atoms with Crippen LogP contribution in [0.5, 0.6) is 5.88 Å². The van der Waals surface area contributed by atoms with E-state index in [1.165, 1.54) is 0 Å². The average Bonchev–Trinajstić information content (AvgIpc) is 2.75. The molecule has 0 aliphatic carbocycles. The molecule has 0 atom stereocenters. The molecule has 0 radical (unpaired) electrons. The van der Waals surface area contributed by atoms with E-state index >= 15 is 0 Å². The van der Waals surface area contributed by atoms with Gasteiger partial charge in [-0.1, -0.05) is 47.5 Å². The van der Waals surface area contributed by atoms with Gasteiger partial charge in [0.15, 0.2) is 5.69 Å². The molecular formula is C15H10Cl2N2O2. The number of hydrogen-bond acceptors (Lipinski definition) is 3. The minimum atomic E-state index is -0.155. The lowest BCUT2D eigenvalue weighted by Gasteiger charge is -2.08. The second-order valence-corrected chi connectivity index (χ2v) is 5.43. The quantitative estimate of drug-likeness (QED) is 0.682. The Balaban J connectivity index is 2.14. The lowest BCUT2D eigenvalue weighted by molar-refractivity contribution is 0.430. The lowest BCUT2D eigenvalue weighted by atomic mass is 10.2. The molecule has 0 bridgehead atoms. The molecule has 0 aliphatic heterocycles. The van der Waals surface area contributed by atoms with E-state index in [0.29, 0.717) is 22.0 Å². The number of halogens is 2. The zero-order chi connectivity index (χ0) is 15.0. The summed E-state index contributed by atoms with van der Waals surface area (Å²) in [6.45, 7) is 0.360. The van der Waals surface area contributed by atoms with Crippen molar-refractivity contribution in [3.8, 4) is 5.88 Å². The maximum atomic E-state index is 10.9. The molecule has 3 aromatic rings. The average molecular weight is 321 g/mol. The van der Waals surface area contributed by atoms with Gasteiger partial charge in [0, 0.05) is 5.39 Å². The molecule has 0 saturated carbocycles. The van der Waals surface area contributed by atoms with Crippen LogP contribution in [0.15, 0.2) is 47.6 Å². The highest BCUT2D eigenvalue weighted by molar-refractivity contribution is 6.42. The molecular weight excluding hydrogens is 311 g/mol.